The van der Waals surface area contributed by atoms with Crippen molar-refractivity contribution in [2.45, 2.75) is 25.4 Å². The van der Waals surface area contributed by atoms with Crippen molar-refractivity contribution in [1.82, 2.24) is 15.5 Å². The number of hydrogen-bond donors (Lipinski definition) is 2. The highest BCUT2D eigenvalue weighted by Gasteiger charge is 2.30. The summed E-state index contributed by atoms with van der Waals surface area (Å²) >= 11 is 0. The minimum absolute atomic E-state index is 0. The van der Waals surface area contributed by atoms with Gasteiger partial charge >= 0.3 is 6.18 Å². The van der Waals surface area contributed by atoms with E-state index in [1.807, 2.05) is 6.92 Å². The molecule has 1 amide bonds. The fourth-order valence-electron chi connectivity index (χ4n) is 2.76. The molecule has 1 aliphatic rings. The highest BCUT2D eigenvalue weighted by atomic mass is 35.5. The van der Waals surface area contributed by atoms with E-state index < -0.39 is 11.7 Å². The maximum Gasteiger partial charge on any atom is 0.416 e. The Hall–Kier alpha value is -1.31. The number of nitrogens with zero attached hydrogens (tertiary/aromatic N) is 1. The first-order valence-corrected chi connectivity index (χ1v) is 8.23. The van der Waals surface area contributed by atoms with E-state index in [2.05, 4.69) is 15.5 Å². The fourth-order valence-corrected chi connectivity index (χ4v) is 2.76. The van der Waals surface area contributed by atoms with E-state index in [1.54, 1.807) is 0 Å². The van der Waals surface area contributed by atoms with Crippen molar-refractivity contribution < 1.29 is 18.0 Å². The topological polar surface area (TPSA) is 44.4 Å². The second-order valence-corrected chi connectivity index (χ2v) is 6.17. The summed E-state index contributed by atoms with van der Waals surface area (Å²) in [6.45, 7) is 7.17. The van der Waals surface area contributed by atoms with Crippen LogP contribution in [-0.4, -0.2) is 50.1 Å². The van der Waals surface area contributed by atoms with Crippen LogP contribution in [-0.2, 0) is 11.0 Å². The predicted octanol–water partition coefficient (Wildman–Crippen LogP) is 2.64. The molecule has 2 N–H and O–H groups in total. The molecule has 25 heavy (non-hydrogen) atoms. The van der Waals surface area contributed by atoms with Gasteiger partial charge in [0.1, 0.15) is 0 Å². The van der Waals surface area contributed by atoms with Crippen LogP contribution in [0.1, 0.15) is 30.4 Å². The number of rotatable bonds is 6. The summed E-state index contributed by atoms with van der Waals surface area (Å²) in [6, 6.07) is 5.02. The molecule has 1 fully saturated rings. The third-order valence-corrected chi connectivity index (χ3v) is 4.26. The van der Waals surface area contributed by atoms with E-state index >= 15 is 0 Å². The molecule has 0 spiro atoms. The van der Waals surface area contributed by atoms with Gasteiger partial charge in [-0.2, -0.15) is 13.2 Å². The molecule has 2 rings (SSSR count). The number of carbonyl (C=O) groups excluding carboxylic acids is 1. The van der Waals surface area contributed by atoms with Gasteiger partial charge in [-0.15, -0.1) is 12.4 Å². The smallest absolute Gasteiger partial charge is 0.355 e. The zero-order chi connectivity index (χ0) is 17.6. The van der Waals surface area contributed by atoms with E-state index in [-0.39, 0.29) is 30.7 Å². The molecule has 8 heteroatoms. The van der Waals surface area contributed by atoms with Crippen LogP contribution < -0.4 is 10.6 Å². The number of piperazine rings is 1. The van der Waals surface area contributed by atoms with Crippen LogP contribution in [0.3, 0.4) is 0 Å². The molecule has 1 aromatic carbocycles. The van der Waals surface area contributed by atoms with Crippen molar-refractivity contribution in [3.63, 3.8) is 0 Å². The van der Waals surface area contributed by atoms with Gasteiger partial charge in [0, 0.05) is 45.7 Å². The Morgan fingerprint density at radius 3 is 2.40 bits per heavy atom. The van der Waals surface area contributed by atoms with E-state index in [1.165, 1.54) is 12.1 Å². The third kappa shape index (κ3) is 7.22. The Morgan fingerprint density at radius 1 is 1.24 bits per heavy atom. The molecule has 1 unspecified atom stereocenters. The summed E-state index contributed by atoms with van der Waals surface area (Å²) in [4.78, 5) is 14.3. The SMILES string of the molecule is CC(CC(=O)NCCN1CCNCC1)c1ccc(C(F)(F)F)cc1.Cl. The van der Waals surface area contributed by atoms with E-state index in [9.17, 15) is 18.0 Å². The third-order valence-electron chi connectivity index (χ3n) is 4.26. The monoisotopic (exact) mass is 379 g/mol. The standard InChI is InChI=1S/C17H24F3N3O.ClH/c1-13(14-2-4-15(5-3-14)17(18,19)20)12-16(24)22-8-11-23-9-6-21-7-10-23;/h2-5,13,21H,6-12H2,1H3,(H,22,24);1H. The molecule has 0 aliphatic carbocycles. The number of hydrogen-bond acceptors (Lipinski definition) is 3. The molecule has 1 heterocycles. The Balaban J connectivity index is 0.00000312. The summed E-state index contributed by atoms with van der Waals surface area (Å²) < 4.78 is 37.7. The second kappa shape index (κ2) is 9.99. The van der Waals surface area contributed by atoms with Crippen molar-refractivity contribution in [3.8, 4) is 0 Å². The molecular weight excluding hydrogens is 355 g/mol. The van der Waals surface area contributed by atoms with Gasteiger partial charge in [0.15, 0.2) is 0 Å². The maximum absolute atomic E-state index is 12.6. The first kappa shape index (κ1) is 21.7. The van der Waals surface area contributed by atoms with Gasteiger partial charge in [-0.3, -0.25) is 9.69 Å². The molecule has 142 valence electrons. The van der Waals surface area contributed by atoms with Gasteiger partial charge < -0.3 is 10.6 Å². The molecule has 1 atom stereocenters. The lowest BCUT2D eigenvalue weighted by Gasteiger charge is -2.27. The molecule has 0 radical (unpaired) electrons. The minimum Gasteiger partial charge on any atom is -0.355 e. The van der Waals surface area contributed by atoms with Crippen LogP contribution in [0.25, 0.3) is 0 Å². The fraction of sp³-hybridized carbons (Fsp3) is 0.588. The quantitative estimate of drug-likeness (QED) is 0.798. The second-order valence-electron chi connectivity index (χ2n) is 6.17. The van der Waals surface area contributed by atoms with Gasteiger partial charge in [0.2, 0.25) is 5.91 Å². The van der Waals surface area contributed by atoms with Gasteiger partial charge in [0.25, 0.3) is 0 Å². The minimum atomic E-state index is -4.33. The molecular formula is C17H25ClF3N3O. The van der Waals surface area contributed by atoms with Crippen molar-refractivity contribution in [3.05, 3.63) is 35.4 Å². The number of amides is 1. The average Bonchev–Trinajstić information content (AvgIpc) is 2.55. The number of carbonyl (C=O) groups is 1. The molecule has 1 aromatic rings. The Morgan fingerprint density at radius 2 is 1.84 bits per heavy atom. The van der Waals surface area contributed by atoms with E-state index in [0.29, 0.717) is 6.54 Å². The number of nitrogens with one attached hydrogen (secondary N) is 2. The first-order valence-electron chi connectivity index (χ1n) is 8.23. The lowest BCUT2D eigenvalue weighted by molar-refractivity contribution is -0.137. The summed E-state index contributed by atoms with van der Waals surface area (Å²) in [5.41, 5.74) is 0.0687. The zero-order valence-electron chi connectivity index (χ0n) is 14.2. The normalized spacial score (nSPS) is 16.8. The zero-order valence-corrected chi connectivity index (χ0v) is 15.1. The summed E-state index contributed by atoms with van der Waals surface area (Å²) in [5, 5.41) is 6.16. The van der Waals surface area contributed by atoms with Crippen LogP contribution in [0.2, 0.25) is 0 Å². The van der Waals surface area contributed by atoms with E-state index in [4.69, 9.17) is 0 Å². The van der Waals surface area contributed by atoms with Crippen LogP contribution in [0, 0.1) is 0 Å². The van der Waals surface area contributed by atoms with Crippen molar-refractivity contribution in [1.29, 1.82) is 0 Å². The molecule has 1 aliphatic heterocycles. The lowest BCUT2D eigenvalue weighted by Crippen LogP contribution is -2.46. The maximum atomic E-state index is 12.6. The molecule has 1 saturated heterocycles. The predicted molar refractivity (Wildman–Crippen MR) is 94.0 cm³/mol. The number of halogens is 4. The summed E-state index contributed by atoms with van der Waals surface area (Å²) in [7, 11) is 0. The van der Waals surface area contributed by atoms with Crippen molar-refractivity contribution in [2.75, 3.05) is 39.3 Å². The number of benzene rings is 1. The van der Waals surface area contributed by atoms with Crippen molar-refractivity contribution >= 4 is 18.3 Å². The lowest BCUT2D eigenvalue weighted by atomic mass is 9.96. The summed E-state index contributed by atoms with van der Waals surface area (Å²) in [5.74, 6) is -0.191. The Kier molecular flexibility index (Phi) is 8.68. The highest BCUT2D eigenvalue weighted by Crippen LogP contribution is 2.30. The van der Waals surface area contributed by atoms with Crippen LogP contribution in [0.15, 0.2) is 24.3 Å². The number of alkyl halides is 3. The van der Waals surface area contributed by atoms with Gasteiger partial charge in [-0.1, -0.05) is 19.1 Å². The van der Waals surface area contributed by atoms with Gasteiger partial charge in [-0.05, 0) is 23.6 Å². The van der Waals surface area contributed by atoms with Crippen LogP contribution in [0.4, 0.5) is 13.2 Å². The summed E-state index contributed by atoms with van der Waals surface area (Å²) in [6.07, 6.45) is -4.06. The van der Waals surface area contributed by atoms with Gasteiger partial charge in [0.05, 0.1) is 5.56 Å². The Bertz CT molecular complexity index is 531. The molecule has 0 aromatic heterocycles. The van der Waals surface area contributed by atoms with Gasteiger partial charge in [-0.25, -0.2) is 0 Å². The van der Waals surface area contributed by atoms with Crippen LogP contribution >= 0.6 is 12.4 Å². The molecule has 0 bridgehead atoms. The van der Waals surface area contributed by atoms with E-state index in [0.717, 1.165) is 50.4 Å². The molecule has 0 saturated carbocycles. The van der Waals surface area contributed by atoms with Crippen LogP contribution in [0.5, 0.6) is 0 Å². The largest absolute Gasteiger partial charge is 0.416 e. The van der Waals surface area contributed by atoms with Crippen molar-refractivity contribution in [2.24, 2.45) is 0 Å². The Labute approximate surface area is 152 Å². The average molecular weight is 380 g/mol. The molecule has 4 nitrogen and oxygen atoms in total. The highest BCUT2D eigenvalue weighted by molar-refractivity contribution is 5.85. The first-order chi connectivity index (χ1) is 11.4.